The molecule has 4 heterocycles. The summed E-state index contributed by atoms with van der Waals surface area (Å²) in [5.74, 6) is 1.51. The van der Waals surface area contributed by atoms with Crippen molar-refractivity contribution >= 4 is 70.9 Å². The first kappa shape index (κ1) is 49.9. The molecule has 0 spiro atoms. The maximum absolute atomic E-state index is 7.94. The van der Waals surface area contributed by atoms with Crippen LogP contribution in [0.4, 0.5) is 0 Å². The highest BCUT2D eigenvalue weighted by Crippen LogP contribution is 2.49. The number of hydrogen-bond donors (Lipinski definition) is 0. The molecule has 20 heteroatoms. The molecule has 0 saturated carbocycles. The van der Waals surface area contributed by atoms with Gasteiger partial charge in [0.1, 0.15) is 0 Å². The molecule has 330 valence electrons. The van der Waals surface area contributed by atoms with E-state index in [1.807, 2.05) is 0 Å². The van der Waals surface area contributed by atoms with E-state index in [-0.39, 0.29) is 29.6 Å². The molecule has 0 aromatic carbocycles. The van der Waals surface area contributed by atoms with Crippen molar-refractivity contribution in [3.63, 3.8) is 0 Å². The zero-order chi connectivity index (χ0) is 42.0. The minimum absolute atomic E-state index is 0.147. The first-order valence-corrected chi connectivity index (χ1v) is 38.1. The third-order valence-electron chi connectivity index (χ3n) is 10.2. The normalized spacial score (nSPS) is 35.8. The second kappa shape index (κ2) is 19.7. The highest BCUT2D eigenvalue weighted by atomic mass is 28.6. The molecule has 4 fully saturated rings. The van der Waals surface area contributed by atoms with Crippen LogP contribution in [0.25, 0.3) is 0 Å². The van der Waals surface area contributed by atoms with E-state index in [1.165, 1.54) is 0 Å². The van der Waals surface area contributed by atoms with Crippen LogP contribution in [0.5, 0.6) is 0 Å². The second-order valence-corrected chi connectivity index (χ2v) is 44.3. The van der Waals surface area contributed by atoms with E-state index in [0.29, 0.717) is 61.7 Å². The predicted octanol–water partition coefficient (Wildman–Crippen LogP) is 9.21. The summed E-state index contributed by atoms with van der Waals surface area (Å²) in [7, 11) is -27.1. The van der Waals surface area contributed by atoms with Crippen LogP contribution in [0.15, 0.2) is 0 Å². The van der Waals surface area contributed by atoms with Gasteiger partial charge >= 0.3 is 62.6 Å². The van der Waals surface area contributed by atoms with Crippen LogP contribution in [-0.4, -0.2) is 89.5 Å². The van der Waals surface area contributed by atoms with Crippen molar-refractivity contribution < 1.29 is 50.6 Å². The Morgan fingerprint density at radius 3 is 1.23 bits per heavy atom. The number of fused-ring (bicyclic) bond motifs is 3. The summed E-state index contributed by atoms with van der Waals surface area (Å²) in [6, 6.07) is 4.31. The maximum atomic E-state index is 7.94. The Kier molecular flexibility index (Phi) is 17.6. The molecule has 4 unspecified atom stereocenters. The molecule has 4 aliphatic rings. The van der Waals surface area contributed by atoms with Crippen LogP contribution in [0.2, 0.25) is 55.4 Å². The van der Waals surface area contributed by atoms with Gasteiger partial charge in [-0.25, -0.2) is 0 Å². The Morgan fingerprint density at radius 2 is 0.857 bits per heavy atom. The van der Waals surface area contributed by atoms with Gasteiger partial charge in [-0.05, 0) is 79.4 Å². The van der Waals surface area contributed by atoms with Gasteiger partial charge < -0.3 is 50.6 Å². The van der Waals surface area contributed by atoms with Gasteiger partial charge in [0.05, 0.1) is 13.2 Å². The fourth-order valence-corrected chi connectivity index (χ4v) is 53.2. The third-order valence-corrected chi connectivity index (χ3v) is 47.6. The Balaban J connectivity index is 2.13. The van der Waals surface area contributed by atoms with E-state index in [0.717, 1.165) is 18.5 Å². The summed E-state index contributed by atoms with van der Waals surface area (Å²) in [6.07, 6.45) is 1.50. The molecule has 0 amide bonds. The SMILES string of the molecule is CCC1([Si](C)(C)O[Si]2(CC(C)C)O[Si]3(CC(C)C)O[SiH](CC(C)C)O[Si]4(CC(C)C)O[SiH](CC(C)C)O[Si](CC(C)C)(O[Si](CC(C)C)(O4)O3)O2)OCCCO1. The lowest BCUT2D eigenvalue weighted by molar-refractivity contribution is -0.226. The lowest BCUT2D eigenvalue weighted by Gasteiger charge is -2.58. The quantitative estimate of drug-likeness (QED) is 0.122. The lowest BCUT2D eigenvalue weighted by atomic mass is 10.3. The van der Waals surface area contributed by atoms with Gasteiger partial charge in [-0.2, -0.15) is 0 Å². The van der Waals surface area contributed by atoms with Crippen molar-refractivity contribution in [1.82, 2.24) is 0 Å². The predicted molar refractivity (Wildman–Crippen MR) is 238 cm³/mol. The van der Waals surface area contributed by atoms with Gasteiger partial charge in [0.2, 0.25) is 8.32 Å². The monoisotopic (exact) mass is 930 g/mol. The van der Waals surface area contributed by atoms with Crippen LogP contribution in [0.3, 0.4) is 0 Å². The summed E-state index contributed by atoms with van der Waals surface area (Å²) < 4.78 is 90.7. The highest BCUT2D eigenvalue weighted by Gasteiger charge is 2.74. The fraction of sp³-hybridized carbons (Fsp3) is 1.00. The van der Waals surface area contributed by atoms with Crippen molar-refractivity contribution in [1.29, 1.82) is 0 Å². The number of rotatable bonds is 18. The Morgan fingerprint density at radius 1 is 0.500 bits per heavy atom. The van der Waals surface area contributed by atoms with Gasteiger partial charge in [0.25, 0.3) is 0 Å². The van der Waals surface area contributed by atoms with E-state index in [4.69, 9.17) is 50.6 Å². The molecular formula is C36H82O12Si8. The largest absolute Gasteiger partial charge is 0.479 e. The molecule has 56 heavy (non-hydrogen) atoms. The average molecular weight is 932 g/mol. The summed E-state index contributed by atoms with van der Waals surface area (Å²) >= 11 is 0. The van der Waals surface area contributed by atoms with Crippen LogP contribution in [-0.2, 0) is 50.6 Å². The minimum atomic E-state index is -3.91. The van der Waals surface area contributed by atoms with Crippen molar-refractivity contribution in [2.45, 2.75) is 178 Å². The first-order chi connectivity index (χ1) is 25.8. The Labute approximate surface area is 352 Å². The third kappa shape index (κ3) is 12.9. The van der Waals surface area contributed by atoms with Crippen molar-refractivity contribution in [3.8, 4) is 0 Å². The van der Waals surface area contributed by atoms with E-state index >= 15 is 0 Å². The second-order valence-electron chi connectivity index (χ2n) is 20.3. The molecule has 0 aliphatic carbocycles. The summed E-state index contributed by atoms with van der Waals surface area (Å²) in [6.45, 7) is 38.7. The lowest BCUT2D eigenvalue weighted by Crippen LogP contribution is -2.81. The highest BCUT2D eigenvalue weighted by molar-refractivity contribution is 6.97. The standard InChI is InChI=1S/C36H82O12Si8/c1-18-36(37-20-19-21-38-36)51(16,17)43-55(27-34(12)13)45-53(25-32(8)9)41-49(22-29(2)3)39-52(24-31(6)7)40-50(23-30(4)5)42-54(46-55,26-33(10)11)48-56(44-52,47-53)28-35(14)15/h29-35,49-50H,18-28H2,1-17H3. The smallest absolute Gasteiger partial charge is 0.411 e. The molecule has 4 bridgehead atoms. The van der Waals surface area contributed by atoms with Crippen LogP contribution < -0.4 is 0 Å². The molecule has 4 saturated heterocycles. The molecule has 0 aromatic rings. The number of ether oxygens (including phenoxy) is 2. The molecule has 4 rings (SSSR count). The molecule has 12 nitrogen and oxygen atoms in total. The zero-order valence-corrected chi connectivity index (χ0v) is 46.7. The summed E-state index contributed by atoms with van der Waals surface area (Å²) in [5.41, 5.74) is -0.875. The van der Waals surface area contributed by atoms with Gasteiger partial charge in [0.15, 0.2) is 5.41 Å². The number of hydrogen-bond acceptors (Lipinski definition) is 12. The van der Waals surface area contributed by atoms with Gasteiger partial charge in [-0.3, -0.25) is 0 Å². The topological polar surface area (TPSA) is 111 Å². The van der Waals surface area contributed by atoms with Crippen LogP contribution in [0.1, 0.15) is 117 Å². The molecule has 4 aliphatic heterocycles. The molecule has 0 radical (unpaired) electrons. The van der Waals surface area contributed by atoms with E-state index in [9.17, 15) is 0 Å². The molecular weight excluding hydrogens is 849 g/mol. The van der Waals surface area contributed by atoms with Crippen molar-refractivity contribution in [2.24, 2.45) is 41.4 Å². The Hall–Kier alpha value is 1.26. The van der Waals surface area contributed by atoms with Gasteiger partial charge in [-0.1, -0.05) is 104 Å². The minimum Gasteiger partial charge on any atom is -0.411 e. The maximum Gasteiger partial charge on any atom is 0.479 e. The van der Waals surface area contributed by atoms with Crippen molar-refractivity contribution in [2.75, 3.05) is 13.2 Å². The Bertz CT molecular complexity index is 1190. The van der Waals surface area contributed by atoms with Crippen molar-refractivity contribution in [3.05, 3.63) is 0 Å². The first-order valence-electron chi connectivity index (χ1n) is 22.0. The van der Waals surface area contributed by atoms with Crippen LogP contribution in [0, 0.1) is 41.4 Å². The molecule has 0 N–H and O–H groups in total. The molecule has 0 aromatic heterocycles. The van der Waals surface area contributed by atoms with Gasteiger partial charge in [0, 0.05) is 30.2 Å². The average Bonchev–Trinajstić information content (AvgIpc) is 2.96. The zero-order valence-electron chi connectivity index (χ0n) is 38.4. The van der Waals surface area contributed by atoms with E-state index in [1.54, 1.807) is 0 Å². The summed E-state index contributed by atoms with van der Waals surface area (Å²) in [4.78, 5) is 0. The van der Waals surface area contributed by atoms with E-state index in [2.05, 4.69) is 117 Å². The van der Waals surface area contributed by atoms with E-state index < -0.39 is 76.3 Å². The summed E-state index contributed by atoms with van der Waals surface area (Å²) in [5, 5.41) is 0. The van der Waals surface area contributed by atoms with Crippen LogP contribution >= 0.6 is 0 Å². The molecule has 4 atom stereocenters. The van der Waals surface area contributed by atoms with Gasteiger partial charge in [-0.15, -0.1) is 0 Å². The fourth-order valence-electron chi connectivity index (χ4n) is 8.50.